The summed E-state index contributed by atoms with van der Waals surface area (Å²) < 4.78 is 8.84. The Morgan fingerprint density at radius 1 is 1.00 bits per heavy atom. The summed E-state index contributed by atoms with van der Waals surface area (Å²) in [6.45, 7) is 0. The van der Waals surface area contributed by atoms with Crippen molar-refractivity contribution in [3.05, 3.63) is 51.3 Å². The Bertz CT molecular complexity index is 994. The Balaban J connectivity index is 1.49. The third-order valence-corrected chi connectivity index (χ3v) is 7.66. The van der Waals surface area contributed by atoms with Gasteiger partial charge in [0.2, 0.25) is 5.88 Å². The van der Waals surface area contributed by atoms with Gasteiger partial charge >= 0.3 is 0 Å². The monoisotopic (exact) mass is 456 g/mol. The highest BCUT2D eigenvalue weighted by Gasteiger charge is 2.21. The van der Waals surface area contributed by atoms with Gasteiger partial charge in [0.15, 0.2) is 3.95 Å². The number of aromatic nitrogens is 2. The molecule has 0 aromatic carbocycles. The first-order valence-electron chi connectivity index (χ1n) is 11.6. The molecule has 6 heteroatoms. The van der Waals surface area contributed by atoms with E-state index in [9.17, 15) is 5.11 Å². The Kier molecular flexibility index (Phi) is 7.97. The molecule has 0 amide bonds. The van der Waals surface area contributed by atoms with Crippen LogP contribution < -0.4 is 0 Å². The molecule has 166 valence electrons. The largest absolute Gasteiger partial charge is 0.494 e. The highest BCUT2D eigenvalue weighted by atomic mass is 32.1. The molecule has 1 fully saturated rings. The molecule has 1 aliphatic carbocycles. The van der Waals surface area contributed by atoms with E-state index in [4.69, 9.17) is 16.6 Å². The van der Waals surface area contributed by atoms with Crippen LogP contribution in [-0.4, -0.2) is 14.7 Å². The molecule has 4 rings (SSSR count). The molecule has 3 aromatic rings. The minimum Gasteiger partial charge on any atom is -0.494 e. The molecule has 3 heterocycles. The quantitative estimate of drug-likeness (QED) is 0.403. The van der Waals surface area contributed by atoms with Crippen LogP contribution in [0.2, 0.25) is 0 Å². The fourth-order valence-corrected chi connectivity index (χ4v) is 6.04. The molecule has 1 N–H and O–H groups in total. The Morgan fingerprint density at radius 2 is 1.68 bits per heavy atom. The molecule has 0 radical (unpaired) electrons. The molecule has 0 unspecified atom stereocenters. The van der Waals surface area contributed by atoms with Gasteiger partial charge < -0.3 is 9.52 Å². The lowest BCUT2D eigenvalue weighted by Crippen LogP contribution is -2.09. The number of pyridine rings is 1. The van der Waals surface area contributed by atoms with Crippen LogP contribution >= 0.6 is 23.6 Å². The van der Waals surface area contributed by atoms with Crippen molar-refractivity contribution in [2.24, 2.45) is 0 Å². The molecule has 0 saturated heterocycles. The normalized spacial score (nSPS) is 17.2. The Labute approximate surface area is 194 Å². The van der Waals surface area contributed by atoms with E-state index in [0.717, 1.165) is 38.8 Å². The SMILES string of the molecule is Oc1c(Cc2ccc(-c3cccnc3)o2)sc(=S)n1C1CCCCCCCCCCC1. The highest BCUT2D eigenvalue weighted by Crippen LogP contribution is 2.36. The van der Waals surface area contributed by atoms with Crippen molar-refractivity contribution in [1.82, 2.24) is 9.55 Å². The number of rotatable bonds is 4. The summed E-state index contributed by atoms with van der Waals surface area (Å²) in [7, 11) is 0. The van der Waals surface area contributed by atoms with Crippen molar-refractivity contribution >= 4 is 23.6 Å². The third kappa shape index (κ3) is 5.86. The maximum Gasteiger partial charge on any atom is 0.207 e. The lowest BCUT2D eigenvalue weighted by atomic mass is 9.98. The van der Waals surface area contributed by atoms with E-state index in [1.807, 2.05) is 28.8 Å². The molecule has 1 aliphatic rings. The predicted octanol–water partition coefficient (Wildman–Crippen LogP) is 8.08. The van der Waals surface area contributed by atoms with Crippen molar-refractivity contribution < 1.29 is 9.52 Å². The maximum absolute atomic E-state index is 11.1. The van der Waals surface area contributed by atoms with Gasteiger partial charge in [0.25, 0.3) is 0 Å². The fraction of sp³-hybridized carbons (Fsp3) is 0.520. The maximum atomic E-state index is 11.1. The number of aromatic hydroxyl groups is 1. The van der Waals surface area contributed by atoms with E-state index >= 15 is 0 Å². The average molecular weight is 457 g/mol. The van der Waals surface area contributed by atoms with Crippen molar-refractivity contribution in [2.45, 2.75) is 83.1 Å². The first kappa shape index (κ1) is 22.3. The number of furan rings is 1. The molecule has 4 nitrogen and oxygen atoms in total. The zero-order chi connectivity index (χ0) is 21.5. The summed E-state index contributed by atoms with van der Waals surface area (Å²) in [5.41, 5.74) is 0.955. The van der Waals surface area contributed by atoms with Gasteiger partial charge in [0, 0.05) is 30.4 Å². The topological polar surface area (TPSA) is 51.2 Å². The van der Waals surface area contributed by atoms with Crippen LogP contribution in [0, 0.1) is 3.95 Å². The van der Waals surface area contributed by atoms with E-state index in [2.05, 4.69) is 4.98 Å². The average Bonchev–Trinajstić information content (AvgIpc) is 3.34. The summed E-state index contributed by atoms with van der Waals surface area (Å²) in [5, 5.41) is 11.1. The zero-order valence-corrected chi connectivity index (χ0v) is 19.7. The second kappa shape index (κ2) is 11.1. The number of nitrogens with zero attached hydrogens (tertiary/aromatic N) is 2. The van der Waals surface area contributed by atoms with Crippen LogP contribution in [0.1, 0.15) is 87.3 Å². The van der Waals surface area contributed by atoms with E-state index in [0.29, 0.717) is 18.3 Å². The first-order chi connectivity index (χ1) is 15.2. The molecular weight excluding hydrogens is 424 g/mol. The van der Waals surface area contributed by atoms with E-state index in [1.54, 1.807) is 12.4 Å². The van der Waals surface area contributed by atoms with Crippen LogP contribution in [0.15, 0.2) is 41.1 Å². The van der Waals surface area contributed by atoms with E-state index in [-0.39, 0.29) is 0 Å². The van der Waals surface area contributed by atoms with Gasteiger partial charge in [-0.25, -0.2) is 0 Å². The van der Waals surface area contributed by atoms with Crippen molar-refractivity contribution in [2.75, 3.05) is 0 Å². The summed E-state index contributed by atoms with van der Waals surface area (Å²) in [4.78, 5) is 5.05. The van der Waals surface area contributed by atoms with Crippen LogP contribution in [0.25, 0.3) is 11.3 Å². The van der Waals surface area contributed by atoms with E-state index in [1.165, 1.54) is 69.1 Å². The zero-order valence-electron chi connectivity index (χ0n) is 18.1. The molecule has 3 aromatic heterocycles. The first-order valence-corrected chi connectivity index (χ1v) is 12.9. The van der Waals surface area contributed by atoms with Crippen molar-refractivity contribution in [1.29, 1.82) is 0 Å². The summed E-state index contributed by atoms with van der Waals surface area (Å²) in [5.74, 6) is 1.97. The predicted molar refractivity (Wildman–Crippen MR) is 129 cm³/mol. The second-order valence-corrected chi connectivity index (χ2v) is 10.3. The van der Waals surface area contributed by atoms with Crippen LogP contribution in [-0.2, 0) is 6.42 Å². The molecule has 0 bridgehead atoms. The number of hydrogen-bond acceptors (Lipinski definition) is 5. The van der Waals surface area contributed by atoms with Gasteiger partial charge in [-0.1, -0.05) is 57.8 Å². The van der Waals surface area contributed by atoms with Crippen LogP contribution in [0.5, 0.6) is 5.88 Å². The summed E-state index contributed by atoms with van der Waals surface area (Å²) >= 11 is 7.23. The second-order valence-electron chi connectivity index (χ2n) is 8.58. The molecule has 1 saturated carbocycles. The molecule has 0 aliphatic heterocycles. The summed E-state index contributed by atoms with van der Waals surface area (Å²) in [6.07, 6.45) is 18.1. The van der Waals surface area contributed by atoms with Crippen molar-refractivity contribution in [3.63, 3.8) is 0 Å². The Hall–Kier alpha value is -1.92. The van der Waals surface area contributed by atoms with Gasteiger partial charge in [-0.15, -0.1) is 11.3 Å². The minimum atomic E-state index is 0.305. The number of thiazole rings is 1. The molecular formula is C25H32N2O2S2. The third-order valence-electron chi connectivity index (χ3n) is 6.27. The van der Waals surface area contributed by atoms with Crippen molar-refractivity contribution in [3.8, 4) is 17.2 Å². The van der Waals surface area contributed by atoms with Crippen LogP contribution in [0.4, 0.5) is 0 Å². The molecule has 0 atom stereocenters. The summed E-state index contributed by atoms with van der Waals surface area (Å²) in [6, 6.07) is 8.13. The van der Waals surface area contributed by atoms with Gasteiger partial charge in [-0.3, -0.25) is 9.55 Å². The lowest BCUT2D eigenvalue weighted by Gasteiger charge is -2.20. The minimum absolute atomic E-state index is 0.305. The smallest absolute Gasteiger partial charge is 0.207 e. The van der Waals surface area contributed by atoms with Gasteiger partial charge in [-0.2, -0.15) is 0 Å². The van der Waals surface area contributed by atoms with Crippen LogP contribution in [0.3, 0.4) is 0 Å². The lowest BCUT2D eigenvalue weighted by molar-refractivity contribution is 0.332. The molecule has 0 spiro atoms. The Morgan fingerprint density at radius 3 is 2.32 bits per heavy atom. The van der Waals surface area contributed by atoms with E-state index < -0.39 is 0 Å². The highest BCUT2D eigenvalue weighted by molar-refractivity contribution is 7.73. The number of hydrogen-bond donors (Lipinski definition) is 1. The van der Waals surface area contributed by atoms with Gasteiger partial charge in [-0.05, 0) is 49.3 Å². The van der Waals surface area contributed by atoms with Gasteiger partial charge in [0.1, 0.15) is 11.5 Å². The molecule has 31 heavy (non-hydrogen) atoms. The van der Waals surface area contributed by atoms with Gasteiger partial charge in [0.05, 0.1) is 4.88 Å². The standard InChI is InChI=1S/C25H32N2O2S2/c28-24-23(17-21-14-15-22(29-21)19-11-10-16-26-18-19)31-25(30)27(24)20-12-8-6-4-2-1-3-5-7-9-13-20/h10-11,14-16,18,20,28H,1-9,12-13,17H2. The fourth-order valence-electron chi connectivity index (χ4n) is 4.55.